The van der Waals surface area contributed by atoms with Crippen molar-refractivity contribution in [2.24, 2.45) is 11.3 Å². The van der Waals surface area contributed by atoms with E-state index in [9.17, 15) is 9.59 Å². The van der Waals surface area contributed by atoms with Crippen molar-refractivity contribution >= 4 is 11.9 Å². The molecule has 27 heavy (non-hydrogen) atoms. The first kappa shape index (κ1) is 17.3. The van der Waals surface area contributed by atoms with Gasteiger partial charge in [0, 0.05) is 24.4 Å². The van der Waals surface area contributed by atoms with E-state index in [0.29, 0.717) is 30.4 Å². The highest BCUT2D eigenvalue weighted by atomic mass is 16.5. The van der Waals surface area contributed by atoms with Crippen LogP contribution in [0.15, 0.2) is 24.3 Å². The van der Waals surface area contributed by atoms with E-state index in [4.69, 9.17) is 4.74 Å². The predicted octanol–water partition coefficient (Wildman–Crippen LogP) is 3.79. The minimum atomic E-state index is -0.0993. The van der Waals surface area contributed by atoms with Crippen LogP contribution in [0.25, 0.3) is 0 Å². The van der Waals surface area contributed by atoms with Gasteiger partial charge in [0.05, 0.1) is 13.0 Å². The van der Waals surface area contributed by atoms with Gasteiger partial charge in [-0.2, -0.15) is 0 Å². The van der Waals surface area contributed by atoms with Crippen molar-refractivity contribution in [3.05, 3.63) is 35.4 Å². The highest BCUT2D eigenvalue weighted by molar-refractivity contribution is 5.81. The van der Waals surface area contributed by atoms with Gasteiger partial charge >= 0.3 is 5.97 Å². The van der Waals surface area contributed by atoms with Crippen LogP contribution in [0.5, 0.6) is 0 Å². The maximum absolute atomic E-state index is 12.8. The molecular formula is C23H29NO3. The summed E-state index contributed by atoms with van der Waals surface area (Å²) in [6, 6.07) is 9.58. The number of cyclic esters (lactones) is 1. The summed E-state index contributed by atoms with van der Waals surface area (Å²) in [7, 11) is 1.96. The average molecular weight is 367 g/mol. The van der Waals surface area contributed by atoms with Gasteiger partial charge in [0.25, 0.3) is 0 Å². The molecule has 1 heterocycles. The quantitative estimate of drug-likeness (QED) is 0.761. The van der Waals surface area contributed by atoms with Crippen LogP contribution in [0.4, 0.5) is 0 Å². The number of carbonyl (C=O) groups is 2. The molecule has 4 nitrogen and oxygen atoms in total. The first-order valence-electron chi connectivity index (χ1n) is 10.4. The minimum Gasteiger partial charge on any atom is -0.465 e. The van der Waals surface area contributed by atoms with Gasteiger partial charge in [-0.1, -0.05) is 31.2 Å². The second kappa shape index (κ2) is 5.83. The lowest BCUT2D eigenvalue weighted by atomic mass is 9.61. The monoisotopic (exact) mass is 367 g/mol. The van der Waals surface area contributed by atoms with Crippen LogP contribution in [0, 0.1) is 11.3 Å². The summed E-state index contributed by atoms with van der Waals surface area (Å²) < 4.78 is 5.11. The van der Waals surface area contributed by atoms with Crippen LogP contribution in [0.1, 0.15) is 68.9 Å². The Balaban J connectivity index is 1.13. The Morgan fingerprint density at radius 1 is 1.15 bits per heavy atom. The van der Waals surface area contributed by atoms with Crippen molar-refractivity contribution in [2.75, 3.05) is 13.7 Å². The third kappa shape index (κ3) is 2.88. The lowest BCUT2D eigenvalue weighted by molar-refractivity contribution is -0.146. The summed E-state index contributed by atoms with van der Waals surface area (Å²) in [6.07, 6.45) is 6.90. The van der Waals surface area contributed by atoms with Gasteiger partial charge in [0.2, 0.25) is 5.91 Å². The molecule has 1 aliphatic heterocycles. The van der Waals surface area contributed by atoms with E-state index >= 15 is 0 Å². The van der Waals surface area contributed by atoms with Crippen molar-refractivity contribution in [3.8, 4) is 0 Å². The van der Waals surface area contributed by atoms with Crippen LogP contribution in [-0.4, -0.2) is 36.5 Å². The molecule has 4 fully saturated rings. The Hall–Kier alpha value is -1.84. The third-order valence-electron chi connectivity index (χ3n) is 7.85. The molecule has 1 spiro atoms. The van der Waals surface area contributed by atoms with Crippen molar-refractivity contribution in [3.63, 3.8) is 0 Å². The molecule has 0 atom stereocenters. The van der Waals surface area contributed by atoms with Crippen LogP contribution >= 0.6 is 0 Å². The maximum Gasteiger partial charge on any atom is 0.306 e. The second-order valence-corrected chi connectivity index (χ2v) is 9.90. The van der Waals surface area contributed by atoms with E-state index < -0.39 is 0 Å². The summed E-state index contributed by atoms with van der Waals surface area (Å²) in [6.45, 7) is 2.86. The number of rotatable bonds is 4. The zero-order valence-corrected chi connectivity index (χ0v) is 16.4. The molecule has 1 amide bonds. The average Bonchev–Trinajstić information content (AvgIpc) is 3.21. The fraction of sp³-hybridized carbons (Fsp3) is 0.652. The smallest absolute Gasteiger partial charge is 0.306 e. The molecule has 3 saturated carbocycles. The number of benzene rings is 1. The first-order valence-corrected chi connectivity index (χ1v) is 10.4. The van der Waals surface area contributed by atoms with Crippen LogP contribution in [-0.2, 0) is 19.7 Å². The highest BCUT2D eigenvalue weighted by Gasteiger charge is 2.53. The van der Waals surface area contributed by atoms with Crippen molar-refractivity contribution < 1.29 is 14.3 Å². The second-order valence-electron chi connectivity index (χ2n) is 9.90. The van der Waals surface area contributed by atoms with Gasteiger partial charge in [0.1, 0.15) is 0 Å². The first-order chi connectivity index (χ1) is 12.9. The lowest BCUT2D eigenvalue weighted by Crippen LogP contribution is -2.51. The molecule has 4 heteroatoms. The third-order valence-corrected chi connectivity index (χ3v) is 7.85. The predicted molar refractivity (Wildman–Crippen MR) is 102 cm³/mol. The van der Waals surface area contributed by atoms with E-state index in [0.717, 1.165) is 25.7 Å². The molecule has 3 aliphatic carbocycles. The Kier molecular flexibility index (Phi) is 3.73. The summed E-state index contributed by atoms with van der Waals surface area (Å²) in [5.41, 5.74) is 3.30. The van der Waals surface area contributed by atoms with E-state index in [-0.39, 0.29) is 23.2 Å². The normalized spacial score (nSPS) is 35.9. The van der Waals surface area contributed by atoms with E-state index in [1.807, 2.05) is 11.9 Å². The Labute approximate surface area is 161 Å². The van der Waals surface area contributed by atoms with Crippen LogP contribution in [0.2, 0.25) is 0 Å². The fourth-order valence-corrected chi connectivity index (χ4v) is 5.34. The molecule has 0 unspecified atom stereocenters. The molecule has 4 aliphatic rings. The van der Waals surface area contributed by atoms with Crippen molar-refractivity contribution in [2.45, 2.75) is 69.2 Å². The highest BCUT2D eigenvalue weighted by Crippen LogP contribution is 2.53. The summed E-state index contributed by atoms with van der Waals surface area (Å²) in [4.78, 5) is 26.1. The number of amides is 1. The molecule has 0 bridgehead atoms. The van der Waals surface area contributed by atoms with Gasteiger partial charge < -0.3 is 9.64 Å². The van der Waals surface area contributed by atoms with E-state index in [1.165, 1.54) is 24.0 Å². The number of esters is 1. The lowest BCUT2D eigenvalue weighted by Gasteiger charge is -2.47. The van der Waals surface area contributed by atoms with Gasteiger partial charge in [0.15, 0.2) is 0 Å². The zero-order chi connectivity index (χ0) is 18.8. The Morgan fingerprint density at radius 2 is 1.81 bits per heavy atom. The van der Waals surface area contributed by atoms with Crippen molar-refractivity contribution in [1.29, 1.82) is 0 Å². The number of hydrogen-bond acceptors (Lipinski definition) is 3. The number of hydrogen-bond donors (Lipinski definition) is 0. The number of ether oxygens (including phenoxy) is 1. The molecule has 0 radical (unpaired) electrons. The molecule has 0 aromatic heterocycles. The fourth-order valence-electron chi connectivity index (χ4n) is 5.34. The topological polar surface area (TPSA) is 46.6 Å². The SMILES string of the molecule is CN(C(=O)C1CC2(COC(=O)C2)C1)C1CC(c2ccc(C3(C)CC3)cc2)C1. The molecule has 5 rings (SSSR count). The van der Waals surface area contributed by atoms with Gasteiger partial charge in [-0.05, 0) is 61.0 Å². The molecular weight excluding hydrogens is 338 g/mol. The number of carbonyl (C=O) groups excluding carboxylic acids is 2. The van der Waals surface area contributed by atoms with Gasteiger partial charge in [-0.15, -0.1) is 0 Å². The van der Waals surface area contributed by atoms with Gasteiger partial charge in [-0.25, -0.2) is 0 Å². The van der Waals surface area contributed by atoms with Crippen LogP contribution in [0.3, 0.4) is 0 Å². The largest absolute Gasteiger partial charge is 0.465 e. The molecule has 1 saturated heterocycles. The number of nitrogens with zero attached hydrogens (tertiary/aromatic N) is 1. The standard InChI is InChI=1S/C23H29NO3/c1-22(7-8-22)18-5-3-15(4-6-18)16-9-19(10-16)24(2)21(26)17-11-23(12-17)13-20(25)27-14-23/h3-6,16-17,19H,7-14H2,1-2H3. The molecule has 0 N–H and O–H groups in total. The Bertz CT molecular complexity index is 767. The molecule has 1 aromatic rings. The summed E-state index contributed by atoms with van der Waals surface area (Å²) >= 11 is 0. The summed E-state index contributed by atoms with van der Waals surface area (Å²) in [5.74, 6) is 0.834. The minimum absolute atomic E-state index is 0.0274. The zero-order valence-electron chi connectivity index (χ0n) is 16.4. The maximum atomic E-state index is 12.8. The van der Waals surface area contributed by atoms with E-state index in [2.05, 4.69) is 31.2 Å². The van der Waals surface area contributed by atoms with Gasteiger partial charge in [-0.3, -0.25) is 9.59 Å². The molecule has 144 valence electrons. The van der Waals surface area contributed by atoms with Crippen LogP contribution < -0.4 is 0 Å². The van der Waals surface area contributed by atoms with Crippen molar-refractivity contribution in [1.82, 2.24) is 4.90 Å². The Morgan fingerprint density at radius 3 is 2.37 bits per heavy atom. The summed E-state index contributed by atoms with van der Waals surface area (Å²) in [5, 5.41) is 0. The molecule has 1 aromatic carbocycles. The van der Waals surface area contributed by atoms with E-state index in [1.54, 1.807) is 0 Å².